The largest absolute Gasteiger partial charge is 0.481 e. The second kappa shape index (κ2) is 12.8. The van der Waals surface area contributed by atoms with Gasteiger partial charge < -0.3 is 31.3 Å². The quantitative estimate of drug-likeness (QED) is 0.258. The van der Waals surface area contributed by atoms with Gasteiger partial charge >= 0.3 is 23.9 Å². The van der Waals surface area contributed by atoms with Gasteiger partial charge in [-0.1, -0.05) is 12.1 Å². The standard InChI is InChI=1S/C19H24FN3O8/c20-12-6-4-11(5-7-12)10-21-15(24)3-1-2-13(17(27)28)22-19(31)23-14(18(29)30)8-9-16(25)26/h4-7,13-14H,1-3,8-10H2,(H,21,24)(H,25,26)(H,27,28)(H,29,30)(H2,22,23,31)/t13-,14-/m0/s1. The number of carboxylic acids is 3. The Balaban J connectivity index is 2.43. The number of aliphatic carboxylic acids is 3. The van der Waals surface area contributed by atoms with Gasteiger partial charge in [-0.2, -0.15) is 0 Å². The Morgan fingerprint density at radius 3 is 1.90 bits per heavy atom. The number of carbonyl (C=O) groups excluding carboxylic acids is 2. The van der Waals surface area contributed by atoms with Crippen molar-refractivity contribution in [3.63, 3.8) is 0 Å². The summed E-state index contributed by atoms with van der Waals surface area (Å²) in [6.07, 6.45) is -0.866. The number of rotatable bonds is 13. The molecular formula is C19H24FN3O8. The zero-order valence-corrected chi connectivity index (χ0v) is 16.5. The molecule has 0 aliphatic carbocycles. The molecular weight excluding hydrogens is 417 g/mol. The maximum atomic E-state index is 12.8. The third-order valence-corrected chi connectivity index (χ3v) is 4.15. The fraction of sp³-hybridized carbons (Fsp3) is 0.421. The van der Waals surface area contributed by atoms with Gasteiger partial charge in [0.1, 0.15) is 17.9 Å². The summed E-state index contributed by atoms with van der Waals surface area (Å²) in [5.41, 5.74) is 0.687. The topological polar surface area (TPSA) is 182 Å². The lowest BCUT2D eigenvalue weighted by atomic mass is 10.1. The Hall–Kier alpha value is -3.70. The van der Waals surface area contributed by atoms with E-state index in [0.29, 0.717) is 5.56 Å². The molecule has 0 aliphatic rings. The van der Waals surface area contributed by atoms with Crippen molar-refractivity contribution in [1.82, 2.24) is 16.0 Å². The molecule has 0 aromatic heterocycles. The van der Waals surface area contributed by atoms with E-state index in [1.165, 1.54) is 24.3 Å². The van der Waals surface area contributed by atoms with Crippen molar-refractivity contribution in [3.8, 4) is 0 Å². The van der Waals surface area contributed by atoms with Crippen LogP contribution in [0.4, 0.5) is 9.18 Å². The van der Waals surface area contributed by atoms with Crippen molar-refractivity contribution >= 4 is 29.8 Å². The van der Waals surface area contributed by atoms with E-state index >= 15 is 0 Å². The third-order valence-electron chi connectivity index (χ3n) is 4.15. The number of urea groups is 1. The summed E-state index contributed by atoms with van der Waals surface area (Å²) in [6, 6.07) is 1.59. The van der Waals surface area contributed by atoms with Crippen LogP contribution in [0, 0.1) is 5.82 Å². The molecule has 1 aromatic rings. The van der Waals surface area contributed by atoms with Gasteiger partial charge in [-0.25, -0.2) is 18.8 Å². The summed E-state index contributed by atoms with van der Waals surface area (Å²) >= 11 is 0. The van der Waals surface area contributed by atoms with Crippen molar-refractivity contribution in [2.75, 3.05) is 0 Å². The molecule has 0 saturated carbocycles. The van der Waals surface area contributed by atoms with Crippen molar-refractivity contribution in [3.05, 3.63) is 35.6 Å². The van der Waals surface area contributed by atoms with Gasteiger partial charge in [0, 0.05) is 19.4 Å². The smallest absolute Gasteiger partial charge is 0.326 e. The Kier molecular flexibility index (Phi) is 10.4. The second-order valence-corrected chi connectivity index (χ2v) is 6.63. The highest BCUT2D eigenvalue weighted by molar-refractivity contribution is 5.86. The van der Waals surface area contributed by atoms with E-state index in [9.17, 15) is 33.5 Å². The lowest BCUT2D eigenvalue weighted by molar-refractivity contribution is -0.140. The molecule has 0 spiro atoms. The summed E-state index contributed by atoms with van der Waals surface area (Å²) in [5, 5.41) is 33.5. The highest BCUT2D eigenvalue weighted by Crippen LogP contribution is 2.05. The SMILES string of the molecule is O=C(O)CC[C@H](NC(=O)N[C@@H](CCCC(=O)NCc1ccc(F)cc1)C(=O)O)C(=O)O. The first-order chi connectivity index (χ1) is 14.6. The molecule has 2 atom stereocenters. The predicted molar refractivity (Wildman–Crippen MR) is 103 cm³/mol. The first-order valence-electron chi connectivity index (χ1n) is 9.34. The number of amides is 3. The lowest BCUT2D eigenvalue weighted by Crippen LogP contribution is -2.51. The van der Waals surface area contributed by atoms with Crippen LogP contribution < -0.4 is 16.0 Å². The van der Waals surface area contributed by atoms with Crippen LogP contribution in [0.5, 0.6) is 0 Å². The number of carbonyl (C=O) groups is 5. The molecule has 0 unspecified atom stereocenters. The molecule has 31 heavy (non-hydrogen) atoms. The minimum atomic E-state index is -1.50. The highest BCUT2D eigenvalue weighted by atomic mass is 19.1. The maximum absolute atomic E-state index is 12.8. The van der Waals surface area contributed by atoms with Crippen molar-refractivity contribution in [2.45, 2.75) is 50.7 Å². The Morgan fingerprint density at radius 2 is 1.39 bits per heavy atom. The Bertz CT molecular complexity index is 800. The average molecular weight is 441 g/mol. The molecule has 6 N–H and O–H groups in total. The van der Waals surface area contributed by atoms with Crippen LogP contribution in [-0.4, -0.2) is 57.2 Å². The number of hydrogen-bond acceptors (Lipinski definition) is 5. The van der Waals surface area contributed by atoms with Crippen LogP contribution in [0.15, 0.2) is 24.3 Å². The number of carboxylic acid groups (broad SMARTS) is 3. The molecule has 12 heteroatoms. The van der Waals surface area contributed by atoms with Gasteiger partial charge in [0.2, 0.25) is 5.91 Å². The van der Waals surface area contributed by atoms with E-state index in [0.717, 1.165) is 0 Å². The van der Waals surface area contributed by atoms with Crippen LogP contribution >= 0.6 is 0 Å². The molecule has 0 aliphatic heterocycles. The van der Waals surface area contributed by atoms with Gasteiger partial charge in [-0.05, 0) is 37.0 Å². The van der Waals surface area contributed by atoms with Crippen molar-refractivity contribution in [2.24, 2.45) is 0 Å². The fourth-order valence-electron chi connectivity index (χ4n) is 2.50. The fourth-order valence-corrected chi connectivity index (χ4v) is 2.50. The third kappa shape index (κ3) is 10.6. The van der Waals surface area contributed by atoms with Gasteiger partial charge in [0.15, 0.2) is 0 Å². The van der Waals surface area contributed by atoms with Gasteiger partial charge in [0.05, 0.1) is 0 Å². The Labute approximate surface area is 176 Å². The van der Waals surface area contributed by atoms with E-state index in [2.05, 4.69) is 10.6 Å². The van der Waals surface area contributed by atoms with Crippen LogP contribution in [-0.2, 0) is 25.7 Å². The van der Waals surface area contributed by atoms with Crippen LogP contribution in [0.3, 0.4) is 0 Å². The van der Waals surface area contributed by atoms with Gasteiger partial charge in [0.25, 0.3) is 0 Å². The van der Waals surface area contributed by atoms with Crippen LogP contribution in [0.1, 0.15) is 37.7 Å². The van der Waals surface area contributed by atoms with E-state index in [1.54, 1.807) is 0 Å². The first-order valence-corrected chi connectivity index (χ1v) is 9.34. The number of nitrogens with one attached hydrogen (secondary N) is 3. The molecule has 170 valence electrons. The zero-order chi connectivity index (χ0) is 23.4. The van der Waals surface area contributed by atoms with E-state index in [1.807, 2.05) is 5.32 Å². The minimum absolute atomic E-state index is 0.0232. The number of hydrogen-bond donors (Lipinski definition) is 6. The Morgan fingerprint density at radius 1 is 0.839 bits per heavy atom. The molecule has 0 saturated heterocycles. The second-order valence-electron chi connectivity index (χ2n) is 6.63. The normalized spacial score (nSPS) is 12.3. The molecule has 11 nitrogen and oxygen atoms in total. The highest BCUT2D eigenvalue weighted by Gasteiger charge is 2.24. The van der Waals surface area contributed by atoms with Crippen LogP contribution in [0.2, 0.25) is 0 Å². The number of benzene rings is 1. The molecule has 0 bridgehead atoms. The molecule has 1 rings (SSSR count). The molecule has 3 amide bonds. The van der Waals surface area contributed by atoms with Gasteiger partial charge in [-0.15, -0.1) is 0 Å². The van der Waals surface area contributed by atoms with E-state index < -0.39 is 48.3 Å². The summed E-state index contributed by atoms with van der Waals surface area (Å²) in [6.45, 7) is 0.176. The summed E-state index contributed by atoms with van der Waals surface area (Å²) in [4.78, 5) is 56.7. The number of halogens is 1. The van der Waals surface area contributed by atoms with Gasteiger partial charge in [-0.3, -0.25) is 9.59 Å². The molecule has 0 radical (unpaired) electrons. The molecule has 1 aromatic carbocycles. The monoisotopic (exact) mass is 441 g/mol. The van der Waals surface area contributed by atoms with E-state index in [4.69, 9.17) is 10.2 Å². The van der Waals surface area contributed by atoms with Crippen LogP contribution in [0.25, 0.3) is 0 Å². The summed E-state index contributed by atoms with van der Waals surface area (Å²) in [7, 11) is 0. The summed E-state index contributed by atoms with van der Waals surface area (Å²) in [5.74, 6) is -4.84. The molecule has 0 fully saturated rings. The minimum Gasteiger partial charge on any atom is -0.481 e. The van der Waals surface area contributed by atoms with E-state index in [-0.39, 0.29) is 38.1 Å². The zero-order valence-electron chi connectivity index (χ0n) is 16.5. The molecule has 0 heterocycles. The average Bonchev–Trinajstić information content (AvgIpc) is 2.69. The lowest BCUT2D eigenvalue weighted by Gasteiger charge is -2.18. The summed E-state index contributed by atoms with van der Waals surface area (Å²) < 4.78 is 12.8. The maximum Gasteiger partial charge on any atom is 0.326 e. The predicted octanol–water partition coefficient (Wildman–Crippen LogP) is 0.683. The van der Waals surface area contributed by atoms with Crippen molar-refractivity contribution in [1.29, 1.82) is 0 Å². The first kappa shape index (κ1) is 25.3. The van der Waals surface area contributed by atoms with Crippen molar-refractivity contribution < 1.29 is 43.7 Å².